The number of rotatable bonds is 11. The van der Waals surface area contributed by atoms with Gasteiger partial charge in [0.2, 0.25) is 15.9 Å². The number of amides is 1. The number of methoxy groups -OCH3 is 2. The molecule has 1 saturated heterocycles. The van der Waals surface area contributed by atoms with E-state index in [9.17, 15) is 13.2 Å². The van der Waals surface area contributed by atoms with Gasteiger partial charge >= 0.3 is 0 Å². The van der Waals surface area contributed by atoms with Gasteiger partial charge in [-0.3, -0.25) is 4.79 Å². The van der Waals surface area contributed by atoms with Crippen LogP contribution >= 0.6 is 0 Å². The molecule has 0 aliphatic carbocycles. The second-order valence-electron chi connectivity index (χ2n) is 9.11. The Hall–Kier alpha value is -2.58. The fraction of sp³-hybridized carbons (Fsp3) is 0.500. The summed E-state index contributed by atoms with van der Waals surface area (Å²) in [6.45, 7) is 5.35. The topological polar surface area (TPSA) is 84.9 Å². The summed E-state index contributed by atoms with van der Waals surface area (Å²) >= 11 is 0. The van der Waals surface area contributed by atoms with Crippen LogP contribution in [0.3, 0.4) is 0 Å². The van der Waals surface area contributed by atoms with Crippen molar-refractivity contribution in [1.82, 2.24) is 9.62 Å². The molecule has 1 N–H and O–H groups in total. The molecule has 1 aliphatic heterocycles. The molecule has 0 aromatic heterocycles. The Bertz CT molecular complexity index is 1060. The molecule has 3 rings (SSSR count). The van der Waals surface area contributed by atoms with E-state index in [0.717, 1.165) is 30.6 Å². The molecule has 1 aliphatic rings. The molecule has 1 amide bonds. The number of aryl methyl sites for hydroxylation is 1. The number of nitrogens with one attached hydrogen (secondary N) is 1. The Kier molecular flexibility index (Phi) is 8.97. The number of benzene rings is 2. The van der Waals surface area contributed by atoms with Gasteiger partial charge in [0.1, 0.15) is 11.5 Å². The largest absolute Gasteiger partial charge is 0.497 e. The van der Waals surface area contributed by atoms with Gasteiger partial charge in [-0.2, -0.15) is 4.31 Å². The Morgan fingerprint density at radius 1 is 1.03 bits per heavy atom. The Morgan fingerprint density at radius 2 is 1.71 bits per heavy atom. The van der Waals surface area contributed by atoms with E-state index < -0.39 is 10.0 Å². The number of sulfonamides is 1. The highest BCUT2D eigenvalue weighted by atomic mass is 32.2. The predicted octanol–water partition coefficient (Wildman–Crippen LogP) is 4.32. The minimum atomic E-state index is -3.53. The van der Waals surface area contributed by atoms with Crippen molar-refractivity contribution in [3.05, 3.63) is 53.6 Å². The average Bonchev–Trinajstić information content (AvgIpc) is 3.38. The zero-order chi connectivity index (χ0) is 24.7. The zero-order valence-corrected chi connectivity index (χ0v) is 21.4. The van der Waals surface area contributed by atoms with Crippen molar-refractivity contribution >= 4 is 15.9 Å². The van der Waals surface area contributed by atoms with Crippen LogP contribution in [0.5, 0.6) is 11.5 Å². The van der Waals surface area contributed by atoms with Crippen LogP contribution in [0.25, 0.3) is 0 Å². The first-order valence-corrected chi connectivity index (χ1v) is 13.3. The van der Waals surface area contributed by atoms with Crippen LogP contribution in [0.1, 0.15) is 56.7 Å². The van der Waals surface area contributed by atoms with Crippen molar-refractivity contribution in [3.63, 3.8) is 0 Å². The number of hydrogen-bond acceptors (Lipinski definition) is 5. The lowest BCUT2D eigenvalue weighted by atomic mass is 9.96. The van der Waals surface area contributed by atoms with Crippen LogP contribution in [0.4, 0.5) is 0 Å². The number of hydrogen-bond donors (Lipinski definition) is 1. The lowest BCUT2D eigenvalue weighted by Crippen LogP contribution is -2.30. The minimum Gasteiger partial charge on any atom is -0.497 e. The zero-order valence-electron chi connectivity index (χ0n) is 20.5. The molecule has 34 heavy (non-hydrogen) atoms. The Balaban J connectivity index is 1.71. The predicted molar refractivity (Wildman–Crippen MR) is 133 cm³/mol. The van der Waals surface area contributed by atoms with E-state index in [4.69, 9.17) is 9.47 Å². The second kappa shape index (κ2) is 11.7. The van der Waals surface area contributed by atoms with Crippen LogP contribution in [0.15, 0.2) is 47.4 Å². The number of carbonyl (C=O) groups excluding carboxylic acids is 1. The van der Waals surface area contributed by atoms with Crippen molar-refractivity contribution in [2.24, 2.45) is 5.92 Å². The highest BCUT2D eigenvalue weighted by Gasteiger charge is 2.28. The summed E-state index contributed by atoms with van der Waals surface area (Å²) in [6.07, 6.45) is 3.19. The van der Waals surface area contributed by atoms with Crippen LogP contribution in [-0.2, 0) is 21.2 Å². The number of nitrogens with zero attached hydrogens (tertiary/aromatic N) is 1. The summed E-state index contributed by atoms with van der Waals surface area (Å²) in [5.74, 6) is 1.67. The standard InChI is InChI=1S/C26H36N2O5S/c1-19(2)17-24(20-7-10-22(32-3)11-8-20)27-26(29)14-9-21-18-23(12-13-25(21)33-4)34(30,31)28-15-5-6-16-28/h7-8,10-13,18-19,24H,5-6,9,14-17H2,1-4H3,(H,27,29)/t24-/m0/s1. The van der Waals surface area contributed by atoms with Crippen molar-refractivity contribution in [2.45, 2.75) is 56.9 Å². The molecule has 7 nitrogen and oxygen atoms in total. The fourth-order valence-electron chi connectivity index (χ4n) is 4.29. The van der Waals surface area contributed by atoms with Gasteiger partial charge in [0.15, 0.2) is 0 Å². The summed E-state index contributed by atoms with van der Waals surface area (Å²) in [4.78, 5) is 13.1. The summed E-state index contributed by atoms with van der Waals surface area (Å²) in [7, 11) is -0.354. The van der Waals surface area contributed by atoms with Crippen molar-refractivity contribution in [3.8, 4) is 11.5 Å². The highest BCUT2D eigenvalue weighted by molar-refractivity contribution is 7.89. The smallest absolute Gasteiger partial charge is 0.243 e. The summed E-state index contributed by atoms with van der Waals surface area (Å²) in [5, 5.41) is 3.15. The first-order valence-electron chi connectivity index (χ1n) is 11.8. The van der Waals surface area contributed by atoms with Crippen LogP contribution in [0, 0.1) is 5.92 Å². The third-order valence-corrected chi connectivity index (χ3v) is 8.03. The lowest BCUT2D eigenvalue weighted by Gasteiger charge is -2.22. The maximum absolute atomic E-state index is 13.0. The third-order valence-electron chi connectivity index (χ3n) is 6.14. The van der Waals surface area contributed by atoms with Crippen LogP contribution < -0.4 is 14.8 Å². The molecule has 186 valence electrons. The fourth-order valence-corrected chi connectivity index (χ4v) is 5.86. The number of ether oxygens (including phenoxy) is 2. The minimum absolute atomic E-state index is 0.0867. The average molecular weight is 489 g/mol. The molecule has 1 heterocycles. The van der Waals surface area contributed by atoms with E-state index in [1.165, 1.54) is 4.31 Å². The quantitative estimate of drug-likeness (QED) is 0.509. The van der Waals surface area contributed by atoms with Gasteiger partial charge in [-0.05, 0) is 73.1 Å². The van der Waals surface area contributed by atoms with E-state index in [-0.39, 0.29) is 23.3 Å². The van der Waals surface area contributed by atoms with Gasteiger partial charge in [-0.15, -0.1) is 0 Å². The number of carbonyl (C=O) groups is 1. The van der Waals surface area contributed by atoms with E-state index >= 15 is 0 Å². The Labute approximate surface area is 203 Å². The highest BCUT2D eigenvalue weighted by Crippen LogP contribution is 2.28. The monoisotopic (exact) mass is 488 g/mol. The van der Waals surface area contributed by atoms with Crippen molar-refractivity contribution in [1.29, 1.82) is 0 Å². The Morgan fingerprint density at radius 3 is 2.29 bits per heavy atom. The van der Waals surface area contributed by atoms with Crippen LogP contribution in [-0.4, -0.2) is 45.9 Å². The molecule has 1 atom stereocenters. The van der Waals surface area contributed by atoms with Crippen molar-refractivity contribution in [2.75, 3.05) is 27.3 Å². The van der Waals surface area contributed by atoms with Crippen molar-refractivity contribution < 1.29 is 22.7 Å². The molecule has 0 saturated carbocycles. The lowest BCUT2D eigenvalue weighted by molar-refractivity contribution is -0.121. The molecular formula is C26H36N2O5S. The van der Waals surface area contributed by atoms with E-state index in [0.29, 0.717) is 36.7 Å². The van der Waals surface area contributed by atoms with Gasteiger partial charge in [-0.1, -0.05) is 26.0 Å². The van der Waals surface area contributed by atoms with Gasteiger partial charge in [0.05, 0.1) is 25.2 Å². The van der Waals surface area contributed by atoms with Gasteiger partial charge in [-0.25, -0.2) is 8.42 Å². The van der Waals surface area contributed by atoms with E-state index in [1.54, 1.807) is 32.4 Å². The van der Waals surface area contributed by atoms with Gasteiger partial charge < -0.3 is 14.8 Å². The first-order chi connectivity index (χ1) is 16.2. The molecular weight excluding hydrogens is 452 g/mol. The molecule has 0 spiro atoms. The normalized spacial score (nSPS) is 15.3. The molecule has 0 radical (unpaired) electrons. The second-order valence-corrected chi connectivity index (χ2v) is 11.0. The summed E-state index contributed by atoms with van der Waals surface area (Å²) in [5.41, 5.74) is 1.74. The first kappa shape index (κ1) is 26.0. The van der Waals surface area contributed by atoms with Gasteiger partial charge in [0, 0.05) is 19.5 Å². The van der Waals surface area contributed by atoms with Gasteiger partial charge in [0.25, 0.3) is 0 Å². The van der Waals surface area contributed by atoms with E-state index in [2.05, 4.69) is 19.2 Å². The SMILES string of the molecule is COc1ccc([C@H](CC(C)C)NC(=O)CCc2cc(S(=O)(=O)N3CCCC3)ccc2OC)cc1. The molecule has 2 aromatic carbocycles. The molecule has 0 unspecified atom stereocenters. The summed E-state index contributed by atoms with van der Waals surface area (Å²) in [6, 6.07) is 12.5. The van der Waals surface area contributed by atoms with Crippen LogP contribution in [0.2, 0.25) is 0 Å². The third kappa shape index (κ3) is 6.51. The maximum Gasteiger partial charge on any atom is 0.243 e. The summed E-state index contributed by atoms with van der Waals surface area (Å²) < 4.78 is 38.2. The molecule has 0 bridgehead atoms. The molecule has 1 fully saturated rings. The maximum atomic E-state index is 13.0. The van der Waals surface area contributed by atoms with E-state index in [1.807, 2.05) is 24.3 Å². The molecule has 2 aromatic rings. The molecule has 8 heteroatoms.